The molecule has 1 aliphatic heterocycles. The normalized spacial score (nSPS) is 21.9. The fourth-order valence-electron chi connectivity index (χ4n) is 3.46. The Kier molecular flexibility index (Phi) is 4.44. The molecule has 3 nitrogen and oxygen atoms in total. The van der Waals surface area contributed by atoms with Gasteiger partial charge in [-0.2, -0.15) is 5.26 Å². The van der Waals surface area contributed by atoms with Crippen LogP contribution in [0.15, 0.2) is 29.3 Å². The number of hydrogen-bond acceptors (Lipinski definition) is 3. The minimum Gasteiger partial charge on any atom is -0.344 e. The minimum atomic E-state index is 0.348. The van der Waals surface area contributed by atoms with Crippen molar-refractivity contribution in [1.82, 2.24) is 4.90 Å². The summed E-state index contributed by atoms with van der Waals surface area (Å²) in [5, 5.41) is 10.1. The lowest BCUT2D eigenvalue weighted by Crippen LogP contribution is -2.46. The highest BCUT2D eigenvalue weighted by molar-refractivity contribution is 8.14. The lowest BCUT2D eigenvalue weighted by Gasteiger charge is -2.36. The number of nitrogens with zero attached hydrogens (tertiary/aromatic N) is 3. The first-order chi connectivity index (χ1) is 10.6. The van der Waals surface area contributed by atoms with E-state index in [1.807, 2.05) is 36.0 Å². The summed E-state index contributed by atoms with van der Waals surface area (Å²) in [4.78, 5) is 7.46. The third kappa shape index (κ3) is 3.01. The van der Waals surface area contributed by atoms with E-state index in [2.05, 4.69) is 24.8 Å². The van der Waals surface area contributed by atoms with Gasteiger partial charge < -0.3 is 4.90 Å². The van der Waals surface area contributed by atoms with E-state index in [9.17, 15) is 0 Å². The third-order valence-electron chi connectivity index (χ3n) is 4.58. The van der Waals surface area contributed by atoms with E-state index in [1.54, 1.807) is 0 Å². The Morgan fingerprint density at radius 2 is 1.95 bits per heavy atom. The minimum absolute atomic E-state index is 0.348. The monoisotopic (exact) mass is 313 g/mol. The highest BCUT2D eigenvalue weighted by Gasteiger charge is 2.46. The predicted octanol–water partition coefficient (Wildman–Crippen LogP) is 4.56. The number of hydrogen-bond donors (Lipinski definition) is 0. The van der Waals surface area contributed by atoms with Crippen LogP contribution in [0.5, 0.6) is 0 Å². The van der Waals surface area contributed by atoms with Crippen molar-refractivity contribution in [3.63, 3.8) is 0 Å². The van der Waals surface area contributed by atoms with Crippen molar-refractivity contribution in [2.75, 3.05) is 12.3 Å². The van der Waals surface area contributed by atoms with Crippen LogP contribution in [0.25, 0.3) is 0 Å². The highest BCUT2D eigenvalue weighted by Crippen LogP contribution is 2.45. The van der Waals surface area contributed by atoms with Crippen molar-refractivity contribution in [2.24, 2.45) is 10.9 Å². The van der Waals surface area contributed by atoms with Crippen LogP contribution in [0.1, 0.15) is 45.1 Å². The zero-order valence-corrected chi connectivity index (χ0v) is 14.2. The van der Waals surface area contributed by atoms with E-state index in [0.29, 0.717) is 17.0 Å². The van der Waals surface area contributed by atoms with Crippen LogP contribution < -0.4 is 0 Å². The molecule has 1 spiro atoms. The van der Waals surface area contributed by atoms with Gasteiger partial charge >= 0.3 is 0 Å². The van der Waals surface area contributed by atoms with Gasteiger partial charge in [-0.05, 0) is 43.0 Å². The van der Waals surface area contributed by atoms with Crippen molar-refractivity contribution in [3.05, 3.63) is 29.8 Å². The zero-order valence-electron chi connectivity index (χ0n) is 13.4. The van der Waals surface area contributed by atoms with Gasteiger partial charge in [0.05, 0.1) is 22.9 Å². The molecule has 0 atom stereocenters. The molecule has 1 heterocycles. The van der Waals surface area contributed by atoms with Gasteiger partial charge in [-0.15, -0.1) is 0 Å². The fourth-order valence-corrected chi connectivity index (χ4v) is 4.89. The Morgan fingerprint density at radius 3 is 2.55 bits per heavy atom. The van der Waals surface area contributed by atoms with Crippen LogP contribution in [-0.4, -0.2) is 27.9 Å². The average molecular weight is 313 g/mol. The Bertz CT molecular complexity index is 592. The number of nitriles is 1. The molecule has 1 aromatic carbocycles. The maximum Gasteiger partial charge on any atom is 0.164 e. The molecule has 22 heavy (non-hydrogen) atoms. The van der Waals surface area contributed by atoms with Crippen LogP contribution >= 0.6 is 11.8 Å². The maximum atomic E-state index is 8.90. The Hall–Kier alpha value is -1.47. The van der Waals surface area contributed by atoms with Gasteiger partial charge in [0.15, 0.2) is 5.17 Å². The van der Waals surface area contributed by atoms with Crippen LogP contribution in [0.4, 0.5) is 5.69 Å². The summed E-state index contributed by atoms with van der Waals surface area (Å²) in [6.45, 7) is 5.65. The predicted molar refractivity (Wildman–Crippen MR) is 93.5 cm³/mol. The highest BCUT2D eigenvalue weighted by atomic mass is 32.2. The summed E-state index contributed by atoms with van der Waals surface area (Å²) in [6.07, 6.45) is 5.30. The molecule has 0 radical (unpaired) electrons. The smallest absolute Gasteiger partial charge is 0.164 e. The number of rotatable bonds is 3. The fraction of sp³-hybridized carbons (Fsp3) is 0.556. The molecule has 0 N–H and O–H groups in total. The molecule has 1 saturated heterocycles. The quantitative estimate of drug-likeness (QED) is 0.821. The van der Waals surface area contributed by atoms with Gasteiger partial charge in [0.1, 0.15) is 0 Å². The van der Waals surface area contributed by atoms with E-state index in [0.717, 1.165) is 12.2 Å². The second-order valence-corrected chi connectivity index (χ2v) is 7.72. The Labute approximate surface area is 137 Å². The molecule has 116 valence electrons. The summed E-state index contributed by atoms with van der Waals surface area (Å²) in [5.41, 5.74) is 1.99. The first-order valence-electron chi connectivity index (χ1n) is 8.12. The van der Waals surface area contributed by atoms with Gasteiger partial charge in [-0.3, -0.25) is 0 Å². The number of amidine groups is 1. The second kappa shape index (κ2) is 6.34. The van der Waals surface area contributed by atoms with Gasteiger partial charge in [-0.25, -0.2) is 4.99 Å². The van der Waals surface area contributed by atoms with Crippen molar-refractivity contribution in [1.29, 1.82) is 5.26 Å². The second-order valence-electron chi connectivity index (χ2n) is 6.78. The molecular weight excluding hydrogens is 290 g/mol. The van der Waals surface area contributed by atoms with Crippen LogP contribution in [0.2, 0.25) is 0 Å². The first kappa shape index (κ1) is 15.4. The van der Waals surface area contributed by atoms with Gasteiger partial charge in [0, 0.05) is 12.3 Å². The summed E-state index contributed by atoms with van der Waals surface area (Å²) >= 11 is 1.90. The molecule has 0 bridgehead atoms. The third-order valence-corrected chi connectivity index (χ3v) is 5.83. The molecule has 0 amide bonds. The lowest BCUT2D eigenvalue weighted by molar-refractivity contribution is 0.198. The number of thioether (sulfide) groups is 1. The van der Waals surface area contributed by atoms with Crippen molar-refractivity contribution < 1.29 is 0 Å². The first-order valence-corrected chi connectivity index (χ1v) is 9.11. The molecule has 2 aliphatic rings. The molecule has 4 heteroatoms. The standard InChI is InChI=1S/C18H23N3S/c1-14(2)12-21-17(22-13-18(21)9-3-4-10-18)20-16-7-5-15(11-19)6-8-16/h5-8,14H,3-4,9-10,12-13H2,1-2H3. The zero-order chi connectivity index (χ0) is 15.6. The van der Waals surface area contributed by atoms with Crippen molar-refractivity contribution in [3.8, 4) is 6.07 Å². The van der Waals surface area contributed by atoms with Crippen LogP contribution in [-0.2, 0) is 0 Å². The van der Waals surface area contributed by atoms with Gasteiger partial charge in [0.2, 0.25) is 0 Å². The summed E-state index contributed by atoms with van der Waals surface area (Å²) < 4.78 is 0. The van der Waals surface area contributed by atoms with E-state index < -0.39 is 0 Å². The van der Waals surface area contributed by atoms with Crippen molar-refractivity contribution in [2.45, 2.75) is 45.1 Å². The molecule has 1 saturated carbocycles. The summed E-state index contributed by atoms with van der Waals surface area (Å²) in [5.74, 6) is 1.82. The number of benzene rings is 1. The molecular formula is C18H23N3S. The van der Waals surface area contributed by atoms with E-state index in [4.69, 9.17) is 10.3 Å². The maximum absolute atomic E-state index is 8.90. The van der Waals surface area contributed by atoms with Gasteiger partial charge in [-0.1, -0.05) is 38.5 Å². The molecule has 1 aromatic rings. The SMILES string of the molecule is CC(C)CN1C(=Nc2ccc(C#N)cc2)SCC12CCCC2. The topological polar surface area (TPSA) is 39.4 Å². The van der Waals surface area contributed by atoms with E-state index in [-0.39, 0.29) is 0 Å². The van der Waals surface area contributed by atoms with Crippen molar-refractivity contribution >= 4 is 22.6 Å². The molecule has 2 fully saturated rings. The Balaban J connectivity index is 1.87. The van der Waals surface area contributed by atoms with E-state index >= 15 is 0 Å². The lowest BCUT2D eigenvalue weighted by atomic mass is 9.97. The largest absolute Gasteiger partial charge is 0.344 e. The Morgan fingerprint density at radius 1 is 1.27 bits per heavy atom. The van der Waals surface area contributed by atoms with Crippen LogP contribution in [0.3, 0.4) is 0 Å². The number of aliphatic imine (C=N–C) groups is 1. The molecule has 3 rings (SSSR count). The average Bonchev–Trinajstić information content (AvgIpc) is 3.11. The van der Waals surface area contributed by atoms with Crippen LogP contribution in [0, 0.1) is 17.2 Å². The summed E-state index contributed by atoms with van der Waals surface area (Å²) in [6, 6.07) is 9.73. The molecule has 0 aromatic heterocycles. The van der Waals surface area contributed by atoms with E-state index in [1.165, 1.54) is 36.6 Å². The molecule has 0 unspecified atom stereocenters. The summed E-state index contributed by atoms with van der Waals surface area (Å²) in [7, 11) is 0. The molecule has 1 aliphatic carbocycles. The van der Waals surface area contributed by atoms with Gasteiger partial charge in [0.25, 0.3) is 0 Å².